The lowest BCUT2D eigenvalue weighted by atomic mass is 9.98. The molecule has 69 heavy (non-hydrogen) atoms. The summed E-state index contributed by atoms with van der Waals surface area (Å²) in [5, 5.41) is 23.8. The van der Waals surface area contributed by atoms with Crippen molar-refractivity contribution in [2.75, 3.05) is 44.6 Å². The first-order valence-electron chi connectivity index (χ1n) is 23.2. The van der Waals surface area contributed by atoms with E-state index < -0.39 is 35.6 Å². The fraction of sp³-hybridized carbons (Fsp3) is 0.353. The summed E-state index contributed by atoms with van der Waals surface area (Å²) in [5.41, 5.74) is 5.25. The van der Waals surface area contributed by atoms with Crippen LogP contribution >= 0.6 is 11.6 Å². The van der Waals surface area contributed by atoms with Gasteiger partial charge >= 0.3 is 5.97 Å². The predicted octanol–water partition coefficient (Wildman–Crippen LogP) is 6.36. The molecule has 4 aliphatic rings. The van der Waals surface area contributed by atoms with E-state index >= 15 is 0 Å². The second kappa shape index (κ2) is 18.1. The molecule has 3 N–H and O–H groups in total. The number of halogens is 2. The highest BCUT2D eigenvalue weighted by Gasteiger charge is 2.46. The van der Waals surface area contributed by atoms with Crippen molar-refractivity contribution in [3.8, 4) is 16.9 Å². The number of carboxylic acids is 1. The fourth-order valence-corrected chi connectivity index (χ4v) is 11.3. The van der Waals surface area contributed by atoms with Gasteiger partial charge in [0.2, 0.25) is 17.7 Å². The molecule has 5 amide bonds. The number of aromatic carboxylic acids is 1. The number of nitrogens with one attached hydrogen (secondary N) is 2. The number of carbonyl (C=O) groups is 6. The highest BCUT2D eigenvalue weighted by molar-refractivity contribution is 6.35. The number of nitrogens with zero attached hydrogens (tertiary/aromatic N) is 6. The van der Waals surface area contributed by atoms with E-state index in [-0.39, 0.29) is 59.9 Å². The quantitative estimate of drug-likeness (QED) is 0.0815. The molecule has 3 unspecified atom stereocenters. The Morgan fingerprint density at radius 1 is 0.942 bits per heavy atom. The van der Waals surface area contributed by atoms with E-state index in [0.29, 0.717) is 78.7 Å². The van der Waals surface area contributed by atoms with Gasteiger partial charge in [0.1, 0.15) is 23.3 Å². The minimum absolute atomic E-state index is 0.00462. The number of aromatic nitrogens is 3. The van der Waals surface area contributed by atoms with Gasteiger partial charge in [-0.1, -0.05) is 35.9 Å². The average molecular weight is 957 g/mol. The molecule has 3 saturated heterocycles. The number of ether oxygens (including phenoxy) is 1. The highest BCUT2D eigenvalue weighted by Crippen LogP contribution is 2.43. The molecule has 0 spiro atoms. The van der Waals surface area contributed by atoms with E-state index in [1.54, 1.807) is 27.8 Å². The lowest BCUT2D eigenvalue weighted by molar-refractivity contribution is -0.136. The summed E-state index contributed by atoms with van der Waals surface area (Å²) in [6.07, 6.45) is 1.78. The van der Waals surface area contributed by atoms with E-state index in [2.05, 4.69) is 20.6 Å². The zero-order chi connectivity index (χ0) is 48.4. The van der Waals surface area contributed by atoms with E-state index in [9.17, 15) is 38.3 Å². The van der Waals surface area contributed by atoms with E-state index in [1.165, 1.54) is 18.2 Å². The molecule has 356 valence electrons. The number of benzene rings is 4. The third kappa shape index (κ3) is 8.06. The fourth-order valence-electron chi connectivity index (χ4n) is 11.1. The molecule has 0 bridgehead atoms. The van der Waals surface area contributed by atoms with Gasteiger partial charge in [-0.05, 0) is 105 Å². The summed E-state index contributed by atoms with van der Waals surface area (Å²) in [5.74, 6) is -3.23. The van der Waals surface area contributed by atoms with Crippen molar-refractivity contribution in [1.82, 2.24) is 34.4 Å². The van der Waals surface area contributed by atoms with Gasteiger partial charge in [0.25, 0.3) is 11.8 Å². The molecule has 18 heteroatoms. The number of amides is 5. The molecule has 2 aromatic heterocycles. The maximum atomic E-state index is 14.0. The van der Waals surface area contributed by atoms with Crippen molar-refractivity contribution in [3.05, 3.63) is 111 Å². The molecule has 0 aliphatic carbocycles. The van der Waals surface area contributed by atoms with Crippen LogP contribution in [-0.2, 0) is 34.4 Å². The number of imide groups is 2. The lowest BCUT2D eigenvalue weighted by Crippen LogP contribution is -2.54. The SMILES string of the molecule is Cc1nn(C)c(C)c1-c1c(Cl)ccc2c(CCCOc3cccc4cc(F)ccc34)c(C(=O)O)n(CCN3CCC4CN(C(=O)CNc5cccc6c5C(=O)N(C5CCC(=O)NC5=O)C6=O)CC43)c12. The summed E-state index contributed by atoms with van der Waals surface area (Å²) in [4.78, 5) is 83.8. The predicted molar refractivity (Wildman–Crippen MR) is 255 cm³/mol. The number of carbonyl (C=O) groups excluding carboxylic acids is 5. The summed E-state index contributed by atoms with van der Waals surface area (Å²) in [6.45, 7) is 6.62. The van der Waals surface area contributed by atoms with Crippen molar-refractivity contribution in [2.24, 2.45) is 13.0 Å². The first-order valence-corrected chi connectivity index (χ1v) is 23.6. The number of anilines is 1. The first kappa shape index (κ1) is 45.7. The van der Waals surface area contributed by atoms with Crippen LogP contribution in [0.25, 0.3) is 32.8 Å². The third-order valence-corrected chi connectivity index (χ3v) is 14.7. The van der Waals surface area contributed by atoms with Crippen LogP contribution in [-0.4, -0.2) is 121 Å². The minimum atomic E-state index is -1.11. The minimum Gasteiger partial charge on any atom is -0.493 e. The molecule has 6 aromatic rings. The highest BCUT2D eigenvalue weighted by atomic mass is 35.5. The molecule has 3 atom stereocenters. The van der Waals surface area contributed by atoms with Crippen LogP contribution in [0.5, 0.6) is 5.75 Å². The number of hydrogen-bond donors (Lipinski definition) is 3. The van der Waals surface area contributed by atoms with Crippen molar-refractivity contribution in [2.45, 2.75) is 64.6 Å². The van der Waals surface area contributed by atoms with Crippen molar-refractivity contribution >= 4 is 74.5 Å². The second-order valence-electron chi connectivity index (χ2n) is 18.3. The van der Waals surface area contributed by atoms with Gasteiger partial charge in [-0.3, -0.25) is 43.8 Å². The monoisotopic (exact) mass is 956 g/mol. The normalized spacial score (nSPS) is 19.2. The van der Waals surface area contributed by atoms with E-state index in [0.717, 1.165) is 51.0 Å². The van der Waals surface area contributed by atoms with Gasteiger partial charge in [-0.25, -0.2) is 9.18 Å². The Bertz CT molecular complexity index is 3170. The summed E-state index contributed by atoms with van der Waals surface area (Å²) < 4.78 is 23.9. The van der Waals surface area contributed by atoms with Gasteiger partial charge in [-0.15, -0.1) is 0 Å². The Hall–Kier alpha value is -7.11. The number of rotatable bonds is 14. The number of piperidine rings is 1. The molecule has 0 radical (unpaired) electrons. The number of aryl methyl sites for hydroxylation is 3. The van der Waals surface area contributed by atoms with Crippen LogP contribution < -0.4 is 15.4 Å². The molecule has 3 fully saturated rings. The Labute approximate surface area is 400 Å². The topological polar surface area (TPSA) is 188 Å². The molecule has 10 rings (SSSR count). The molecule has 4 aromatic carbocycles. The van der Waals surface area contributed by atoms with E-state index in [4.69, 9.17) is 16.3 Å². The molecular weight excluding hydrogens is 907 g/mol. The van der Waals surface area contributed by atoms with Crippen LogP contribution in [0.2, 0.25) is 5.02 Å². The Morgan fingerprint density at radius 3 is 2.51 bits per heavy atom. The molecule has 16 nitrogen and oxygen atoms in total. The van der Waals surface area contributed by atoms with Crippen molar-refractivity contribution in [1.29, 1.82) is 0 Å². The smallest absolute Gasteiger partial charge is 0.352 e. The summed E-state index contributed by atoms with van der Waals surface area (Å²) in [6, 6.07) is 17.4. The Morgan fingerprint density at radius 2 is 1.74 bits per heavy atom. The maximum absolute atomic E-state index is 14.0. The van der Waals surface area contributed by atoms with Gasteiger partial charge in [-0.2, -0.15) is 5.10 Å². The van der Waals surface area contributed by atoms with Gasteiger partial charge < -0.3 is 24.6 Å². The van der Waals surface area contributed by atoms with Crippen LogP contribution in [0.15, 0.2) is 66.7 Å². The van der Waals surface area contributed by atoms with Gasteiger partial charge in [0.15, 0.2) is 0 Å². The summed E-state index contributed by atoms with van der Waals surface area (Å²) in [7, 11) is 1.87. The molecule has 0 saturated carbocycles. The van der Waals surface area contributed by atoms with Crippen LogP contribution in [0.4, 0.5) is 10.1 Å². The Kier molecular flexibility index (Phi) is 12.0. The number of fused-ring (bicyclic) bond motifs is 4. The lowest BCUT2D eigenvalue weighted by Gasteiger charge is -2.27. The van der Waals surface area contributed by atoms with Gasteiger partial charge in [0.05, 0.1) is 40.5 Å². The number of carboxylic acid groups (broad SMARTS) is 1. The van der Waals surface area contributed by atoms with Crippen molar-refractivity contribution < 1.29 is 43.0 Å². The third-order valence-electron chi connectivity index (χ3n) is 14.4. The van der Waals surface area contributed by atoms with Crippen LogP contribution in [0, 0.1) is 25.6 Å². The number of likely N-dealkylation sites (tertiary alicyclic amines) is 2. The van der Waals surface area contributed by atoms with Gasteiger partial charge in [0, 0.05) is 79.0 Å². The van der Waals surface area contributed by atoms with Crippen LogP contribution in [0.3, 0.4) is 0 Å². The van der Waals surface area contributed by atoms with E-state index in [1.807, 2.05) is 55.8 Å². The first-order chi connectivity index (χ1) is 33.2. The molecule has 6 heterocycles. The average Bonchev–Trinajstić information content (AvgIpc) is 4.11. The summed E-state index contributed by atoms with van der Waals surface area (Å²) >= 11 is 7.10. The largest absolute Gasteiger partial charge is 0.493 e. The second-order valence-corrected chi connectivity index (χ2v) is 18.7. The zero-order valence-corrected chi connectivity index (χ0v) is 39.1. The molecular formula is C51H50ClFN8O8. The maximum Gasteiger partial charge on any atom is 0.352 e. The zero-order valence-electron chi connectivity index (χ0n) is 38.3. The number of hydrogen-bond acceptors (Lipinski definition) is 10. The molecule has 4 aliphatic heterocycles. The van der Waals surface area contributed by atoms with Crippen molar-refractivity contribution in [3.63, 3.8) is 0 Å². The Balaban J connectivity index is 0.868. The standard InChI is InChI=1S/C51H50ClFN8O8/c1-27-43(28(2)57(3)56-27)45-36(52)15-14-34-33(9-6-22-69-40-11-4-7-29-23-31(53)12-13-32(29)40)47(51(67)68)60(46(34)45)21-20-58-19-18-30-25-59(26-39(30)58)42(63)24-54-37-10-5-8-35-44(37)50(66)61(49(35)65)38-16-17-41(62)55-48(38)64/h4-5,7-8,10-15,23,30,38-39,54H,6,9,16-22,24-26H2,1-3H3,(H,67,68)(H,55,62,64). The van der Waals surface area contributed by atoms with Crippen LogP contribution in [0.1, 0.15) is 73.8 Å².